The van der Waals surface area contributed by atoms with Crippen molar-refractivity contribution in [3.05, 3.63) is 47.2 Å². The molecule has 1 fully saturated rings. The van der Waals surface area contributed by atoms with Crippen molar-refractivity contribution in [2.45, 2.75) is 24.4 Å². The van der Waals surface area contributed by atoms with Crippen molar-refractivity contribution in [2.75, 3.05) is 12.4 Å². The minimum atomic E-state index is -1.31. The first-order valence-electron chi connectivity index (χ1n) is 8.60. The molecule has 0 spiro atoms. The van der Waals surface area contributed by atoms with E-state index in [2.05, 4.69) is 10.4 Å². The summed E-state index contributed by atoms with van der Waals surface area (Å²) in [4.78, 5) is 49.0. The summed E-state index contributed by atoms with van der Waals surface area (Å²) in [7, 11) is 0. The fourth-order valence-electron chi connectivity index (χ4n) is 3.14. The van der Waals surface area contributed by atoms with Crippen LogP contribution in [0.2, 0.25) is 0 Å². The molecular weight excluding hydrogens is 400 g/mol. The standard InChI is InChI=1S/C18H18N4O6S/c1-9(23)28-7-11-8-29-17-13(16(25)22(17)14(11)18(26)27)20-15(24)12(21-19)10-5-3-2-4-6-10/h2-6,12-13,17,19H,7-8H2,1H3,(H,20,24)(H,26,27)/t12?,13?,17-/m0/s1. The highest BCUT2D eigenvalue weighted by atomic mass is 32.2. The Morgan fingerprint density at radius 2 is 2.07 bits per heavy atom. The first kappa shape index (κ1) is 20.5. The van der Waals surface area contributed by atoms with E-state index in [0.29, 0.717) is 11.1 Å². The summed E-state index contributed by atoms with van der Waals surface area (Å²) in [5.74, 6) is -2.82. The van der Waals surface area contributed by atoms with Crippen molar-refractivity contribution in [2.24, 2.45) is 5.11 Å². The van der Waals surface area contributed by atoms with Crippen LogP contribution in [-0.2, 0) is 23.9 Å². The number of hydrogen-bond acceptors (Lipinski definition) is 8. The first-order chi connectivity index (χ1) is 13.8. The summed E-state index contributed by atoms with van der Waals surface area (Å²) in [5, 5.41) is 14.9. The van der Waals surface area contributed by atoms with Gasteiger partial charge >= 0.3 is 11.9 Å². The number of β-lactam (4-membered cyclic amide) rings is 1. The molecule has 0 aliphatic carbocycles. The van der Waals surface area contributed by atoms with Gasteiger partial charge < -0.3 is 15.2 Å². The Balaban J connectivity index is 1.75. The summed E-state index contributed by atoms with van der Waals surface area (Å²) in [6.45, 7) is 0.992. The molecule has 0 aromatic heterocycles. The molecule has 152 valence electrons. The summed E-state index contributed by atoms with van der Waals surface area (Å²) >= 11 is 1.26. The Morgan fingerprint density at radius 1 is 1.38 bits per heavy atom. The Bertz CT molecular complexity index is 903. The third-order valence-corrected chi connectivity index (χ3v) is 5.83. The Morgan fingerprint density at radius 3 is 2.66 bits per heavy atom. The van der Waals surface area contributed by atoms with Gasteiger partial charge in [-0.3, -0.25) is 19.3 Å². The molecule has 29 heavy (non-hydrogen) atoms. The van der Waals surface area contributed by atoms with Crippen LogP contribution in [0.5, 0.6) is 0 Å². The lowest BCUT2D eigenvalue weighted by Gasteiger charge is -2.49. The molecule has 1 aromatic carbocycles. The van der Waals surface area contributed by atoms with Crippen molar-refractivity contribution in [1.29, 1.82) is 5.53 Å². The van der Waals surface area contributed by atoms with Gasteiger partial charge in [0.1, 0.15) is 23.7 Å². The molecule has 0 saturated carbocycles. The van der Waals surface area contributed by atoms with Gasteiger partial charge in [0.05, 0.1) is 0 Å². The van der Waals surface area contributed by atoms with E-state index in [-0.39, 0.29) is 18.1 Å². The van der Waals surface area contributed by atoms with Crippen LogP contribution >= 0.6 is 11.8 Å². The van der Waals surface area contributed by atoms with E-state index < -0.39 is 41.2 Å². The maximum absolute atomic E-state index is 12.6. The van der Waals surface area contributed by atoms with Gasteiger partial charge in [0, 0.05) is 18.2 Å². The van der Waals surface area contributed by atoms with Crippen molar-refractivity contribution < 1.29 is 29.0 Å². The number of carbonyl (C=O) groups excluding carboxylic acids is 3. The molecule has 2 heterocycles. The summed E-state index contributed by atoms with van der Waals surface area (Å²) in [5.41, 5.74) is 7.91. The number of nitrogens with zero attached hydrogens (tertiary/aromatic N) is 2. The zero-order chi connectivity index (χ0) is 21.1. The van der Waals surface area contributed by atoms with Gasteiger partial charge in [-0.2, -0.15) is 5.11 Å². The Hall–Kier alpha value is -3.21. The first-order valence-corrected chi connectivity index (χ1v) is 9.65. The van der Waals surface area contributed by atoms with Gasteiger partial charge in [-0.15, -0.1) is 11.8 Å². The number of rotatable bonds is 7. The summed E-state index contributed by atoms with van der Waals surface area (Å²) in [6, 6.07) is 6.47. The molecule has 0 bridgehead atoms. The van der Waals surface area contributed by atoms with Crippen molar-refractivity contribution in [1.82, 2.24) is 10.2 Å². The van der Waals surface area contributed by atoms with Crippen molar-refractivity contribution >= 4 is 35.5 Å². The van der Waals surface area contributed by atoms with E-state index in [1.54, 1.807) is 30.3 Å². The summed E-state index contributed by atoms with van der Waals surface area (Å²) < 4.78 is 4.88. The topological polar surface area (TPSA) is 149 Å². The maximum Gasteiger partial charge on any atom is 0.352 e. The minimum absolute atomic E-state index is 0.217. The number of nitrogens with one attached hydrogen (secondary N) is 2. The number of amides is 2. The SMILES string of the molecule is CC(=O)OCC1=C(C(=O)O)N2C(=O)C(NC(=O)C(N=N)c3ccccc3)[C@@H]2SC1. The number of thioether (sulfide) groups is 1. The molecule has 0 radical (unpaired) electrons. The monoisotopic (exact) mass is 418 g/mol. The molecule has 2 aliphatic rings. The second-order valence-corrected chi connectivity index (χ2v) is 7.48. The van der Waals surface area contributed by atoms with E-state index in [4.69, 9.17) is 10.3 Å². The molecular formula is C18H18N4O6S. The molecule has 1 aromatic rings. The highest BCUT2D eigenvalue weighted by Crippen LogP contribution is 2.40. The van der Waals surface area contributed by atoms with Crippen molar-refractivity contribution in [3.8, 4) is 0 Å². The number of hydrogen-bond donors (Lipinski definition) is 3. The number of benzene rings is 1. The van der Waals surface area contributed by atoms with Crippen molar-refractivity contribution in [3.63, 3.8) is 0 Å². The van der Waals surface area contributed by atoms with Crippen LogP contribution in [0.4, 0.5) is 0 Å². The van der Waals surface area contributed by atoms with Gasteiger partial charge in [-0.05, 0) is 5.56 Å². The normalized spacial score (nSPS) is 21.6. The lowest BCUT2D eigenvalue weighted by atomic mass is 10.0. The fourth-order valence-corrected chi connectivity index (χ4v) is 4.46. The third-order valence-electron chi connectivity index (χ3n) is 4.49. The Kier molecular flexibility index (Phi) is 5.97. The van der Waals surface area contributed by atoms with Gasteiger partial charge in [0.2, 0.25) is 0 Å². The zero-order valence-electron chi connectivity index (χ0n) is 15.3. The second-order valence-electron chi connectivity index (χ2n) is 6.38. The van der Waals surface area contributed by atoms with Gasteiger partial charge in [-0.1, -0.05) is 30.3 Å². The highest BCUT2D eigenvalue weighted by Gasteiger charge is 2.54. The molecule has 3 rings (SSSR count). The molecule has 10 nitrogen and oxygen atoms in total. The van der Waals surface area contributed by atoms with Crippen LogP contribution in [0.15, 0.2) is 46.7 Å². The third kappa shape index (κ3) is 3.99. The van der Waals surface area contributed by atoms with E-state index >= 15 is 0 Å². The van der Waals surface area contributed by atoms with Crippen LogP contribution in [0, 0.1) is 5.53 Å². The molecule has 11 heteroatoms. The van der Waals surface area contributed by atoms with Gasteiger partial charge in [-0.25, -0.2) is 10.3 Å². The average Bonchev–Trinajstić information content (AvgIpc) is 2.70. The molecule has 3 N–H and O–H groups in total. The lowest BCUT2D eigenvalue weighted by Crippen LogP contribution is -2.70. The average molecular weight is 418 g/mol. The number of carbonyl (C=O) groups is 4. The number of esters is 1. The summed E-state index contributed by atoms with van der Waals surface area (Å²) in [6.07, 6.45) is 0. The number of fused-ring (bicyclic) bond motifs is 1. The zero-order valence-corrected chi connectivity index (χ0v) is 16.1. The number of carboxylic acid groups (broad SMARTS) is 1. The second kappa shape index (κ2) is 8.43. The maximum atomic E-state index is 12.6. The lowest BCUT2D eigenvalue weighted by molar-refractivity contribution is -0.151. The minimum Gasteiger partial charge on any atom is -0.477 e. The predicted octanol–water partition coefficient (Wildman–Crippen LogP) is 1.06. The fraction of sp³-hybridized carbons (Fsp3) is 0.333. The molecule has 2 aliphatic heterocycles. The van der Waals surface area contributed by atoms with Crippen LogP contribution in [0.3, 0.4) is 0 Å². The van der Waals surface area contributed by atoms with Crippen LogP contribution in [-0.4, -0.2) is 57.5 Å². The number of aliphatic carboxylic acids is 1. The molecule has 3 atom stereocenters. The van der Waals surface area contributed by atoms with E-state index in [0.717, 1.165) is 4.90 Å². The number of ether oxygens (including phenoxy) is 1. The van der Waals surface area contributed by atoms with Gasteiger partial charge in [0.25, 0.3) is 11.8 Å². The van der Waals surface area contributed by atoms with E-state index in [9.17, 15) is 24.3 Å². The van der Waals surface area contributed by atoms with Gasteiger partial charge in [0.15, 0.2) is 6.04 Å². The largest absolute Gasteiger partial charge is 0.477 e. The quantitative estimate of drug-likeness (QED) is 0.340. The Labute approximate surface area is 169 Å². The highest BCUT2D eigenvalue weighted by molar-refractivity contribution is 8.00. The predicted molar refractivity (Wildman–Crippen MR) is 101 cm³/mol. The van der Waals surface area contributed by atoms with E-state index in [1.807, 2.05) is 0 Å². The van der Waals surface area contributed by atoms with Crippen LogP contribution in [0.1, 0.15) is 18.5 Å². The molecule has 2 amide bonds. The number of carboxylic acids is 1. The molecule has 2 unspecified atom stereocenters. The van der Waals surface area contributed by atoms with E-state index in [1.165, 1.54) is 18.7 Å². The smallest absolute Gasteiger partial charge is 0.352 e. The van der Waals surface area contributed by atoms with Crippen LogP contribution in [0.25, 0.3) is 0 Å². The van der Waals surface area contributed by atoms with Crippen LogP contribution < -0.4 is 5.32 Å². The molecule has 1 saturated heterocycles.